The minimum absolute atomic E-state index is 0.0670. The van der Waals surface area contributed by atoms with Crippen LogP contribution in [0.3, 0.4) is 0 Å². The van der Waals surface area contributed by atoms with Crippen molar-refractivity contribution in [2.45, 2.75) is 12.5 Å². The predicted octanol–water partition coefficient (Wildman–Crippen LogP) is 5.81. The monoisotopic (exact) mass is 424 g/mol. The van der Waals surface area contributed by atoms with Crippen LogP contribution in [0, 0.1) is 5.82 Å². The van der Waals surface area contributed by atoms with E-state index in [2.05, 4.69) is 28.0 Å². The molecule has 4 rings (SSSR count). The van der Waals surface area contributed by atoms with E-state index in [0.29, 0.717) is 5.75 Å². The molecule has 0 spiro atoms. The lowest BCUT2D eigenvalue weighted by molar-refractivity contribution is 0.160. The Hall–Kier alpha value is -2.56. The number of hydrogen-bond donors (Lipinski definition) is 0. The van der Waals surface area contributed by atoms with Gasteiger partial charge in [-0.25, -0.2) is 4.39 Å². The molecule has 1 aliphatic rings. The number of halogens is 2. The maximum Gasteiger partial charge on any atom is 0.125 e. The minimum atomic E-state index is -0.254. The van der Waals surface area contributed by atoms with Gasteiger partial charge < -0.3 is 9.64 Å². The van der Waals surface area contributed by atoms with E-state index in [4.69, 9.17) is 16.3 Å². The average Bonchev–Trinajstić information content (AvgIpc) is 2.79. The molecule has 0 bridgehead atoms. The van der Waals surface area contributed by atoms with Gasteiger partial charge in [-0.15, -0.1) is 0 Å². The number of nitrogens with zero attached hydrogens (tertiary/aromatic N) is 2. The summed E-state index contributed by atoms with van der Waals surface area (Å²) in [5, 5.41) is 0.776. The van der Waals surface area contributed by atoms with E-state index in [1.807, 2.05) is 36.4 Å². The minimum Gasteiger partial charge on any atom is -0.486 e. The van der Waals surface area contributed by atoms with Crippen molar-refractivity contribution >= 4 is 17.3 Å². The molecule has 0 amide bonds. The van der Waals surface area contributed by atoms with Gasteiger partial charge in [-0.2, -0.15) is 0 Å². The molecular weight excluding hydrogens is 399 g/mol. The second kappa shape index (κ2) is 9.96. The highest BCUT2D eigenvalue weighted by Gasteiger charge is 2.20. The third-order valence-corrected chi connectivity index (χ3v) is 5.75. The normalized spacial score (nSPS) is 15.7. The van der Waals surface area contributed by atoms with Gasteiger partial charge in [0.1, 0.15) is 17.7 Å². The topological polar surface area (TPSA) is 15.7 Å². The fraction of sp³-hybridized carbons (Fsp3) is 0.280. The van der Waals surface area contributed by atoms with Gasteiger partial charge in [0.25, 0.3) is 0 Å². The Labute approximate surface area is 182 Å². The highest BCUT2D eigenvalue weighted by Crippen LogP contribution is 2.26. The summed E-state index contributed by atoms with van der Waals surface area (Å²) in [5.41, 5.74) is 2.32. The van der Waals surface area contributed by atoms with Crippen LogP contribution < -0.4 is 9.64 Å². The zero-order valence-corrected chi connectivity index (χ0v) is 17.6. The van der Waals surface area contributed by atoms with Crippen molar-refractivity contribution in [2.24, 2.45) is 0 Å². The Morgan fingerprint density at radius 1 is 0.867 bits per heavy atom. The molecular formula is C25H26ClFN2O. The molecule has 0 saturated carbocycles. The summed E-state index contributed by atoms with van der Waals surface area (Å²) in [6, 6.07) is 24.5. The molecule has 1 heterocycles. The zero-order chi connectivity index (χ0) is 20.8. The fourth-order valence-electron chi connectivity index (χ4n) is 3.84. The summed E-state index contributed by atoms with van der Waals surface area (Å²) in [6.07, 6.45) is 0.807. The first-order valence-corrected chi connectivity index (χ1v) is 10.8. The van der Waals surface area contributed by atoms with Crippen LogP contribution in [0.25, 0.3) is 0 Å². The maximum atomic E-state index is 13.2. The van der Waals surface area contributed by atoms with Crippen LogP contribution in [-0.4, -0.2) is 37.6 Å². The average molecular weight is 425 g/mol. The van der Waals surface area contributed by atoms with Gasteiger partial charge in [-0.3, -0.25) is 4.90 Å². The lowest BCUT2D eigenvalue weighted by Crippen LogP contribution is -2.46. The Kier molecular flexibility index (Phi) is 6.88. The van der Waals surface area contributed by atoms with Crippen molar-refractivity contribution in [3.63, 3.8) is 0 Å². The third kappa shape index (κ3) is 5.53. The molecule has 3 nitrogen and oxygen atoms in total. The standard InChI is InChI=1S/C25H26ClFN2O/c26-21-7-4-8-23(19-21)29-17-15-28(16-18-29)14-13-25(20-5-2-1-3-6-20)30-24-11-9-22(27)10-12-24/h1-12,19,25H,13-18H2. The van der Waals surface area contributed by atoms with Gasteiger partial charge in [-0.1, -0.05) is 48.0 Å². The first kappa shape index (κ1) is 20.7. The Morgan fingerprint density at radius 3 is 2.30 bits per heavy atom. The summed E-state index contributed by atoms with van der Waals surface area (Å²) >= 11 is 6.14. The number of anilines is 1. The van der Waals surface area contributed by atoms with Crippen LogP contribution in [0.4, 0.5) is 10.1 Å². The van der Waals surface area contributed by atoms with Gasteiger partial charge in [0.2, 0.25) is 0 Å². The SMILES string of the molecule is Fc1ccc(OC(CCN2CCN(c3cccc(Cl)c3)CC2)c2ccccc2)cc1. The Balaban J connectivity index is 1.35. The fourth-order valence-corrected chi connectivity index (χ4v) is 4.03. The van der Waals surface area contributed by atoms with Gasteiger partial charge in [0.15, 0.2) is 0 Å². The smallest absolute Gasteiger partial charge is 0.125 e. The molecule has 3 aromatic carbocycles. The number of rotatable bonds is 7. The largest absolute Gasteiger partial charge is 0.486 e. The molecule has 1 aliphatic heterocycles. The van der Waals surface area contributed by atoms with Crippen molar-refractivity contribution in [3.8, 4) is 5.75 Å². The molecule has 156 valence electrons. The predicted molar refractivity (Wildman–Crippen MR) is 121 cm³/mol. The summed E-state index contributed by atoms with van der Waals surface area (Å²) in [4.78, 5) is 4.86. The van der Waals surface area contributed by atoms with E-state index < -0.39 is 0 Å². The number of ether oxygens (including phenoxy) is 1. The molecule has 0 aromatic heterocycles. The molecule has 1 fully saturated rings. The first-order valence-electron chi connectivity index (χ1n) is 10.4. The number of piperazine rings is 1. The first-order chi connectivity index (χ1) is 14.7. The van der Waals surface area contributed by atoms with Crippen LogP contribution >= 0.6 is 11.6 Å². The van der Waals surface area contributed by atoms with Gasteiger partial charge in [0, 0.05) is 49.9 Å². The lowest BCUT2D eigenvalue weighted by Gasteiger charge is -2.36. The summed E-state index contributed by atoms with van der Waals surface area (Å²) in [7, 11) is 0. The van der Waals surface area contributed by atoms with Crippen molar-refractivity contribution < 1.29 is 9.13 Å². The molecule has 0 aliphatic carbocycles. The highest BCUT2D eigenvalue weighted by molar-refractivity contribution is 6.30. The van der Waals surface area contributed by atoms with Crippen molar-refractivity contribution in [3.05, 3.63) is 95.3 Å². The third-order valence-electron chi connectivity index (χ3n) is 5.52. The highest BCUT2D eigenvalue weighted by atomic mass is 35.5. The van der Waals surface area contributed by atoms with E-state index in [1.54, 1.807) is 12.1 Å². The molecule has 30 heavy (non-hydrogen) atoms. The molecule has 5 heteroatoms. The van der Waals surface area contributed by atoms with Gasteiger partial charge in [0.05, 0.1) is 0 Å². The summed E-state index contributed by atoms with van der Waals surface area (Å²) in [5.74, 6) is 0.437. The van der Waals surface area contributed by atoms with Crippen LogP contribution in [0.2, 0.25) is 5.02 Å². The van der Waals surface area contributed by atoms with E-state index in [0.717, 1.165) is 49.7 Å². The van der Waals surface area contributed by atoms with Crippen molar-refractivity contribution in [1.29, 1.82) is 0 Å². The summed E-state index contributed by atoms with van der Waals surface area (Å²) < 4.78 is 19.5. The lowest BCUT2D eigenvalue weighted by atomic mass is 10.1. The number of hydrogen-bond acceptors (Lipinski definition) is 3. The Morgan fingerprint density at radius 2 is 1.60 bits per heavy atom. The number of benzene rings is 3. The Bertz CT molecular complexity index is 927. The van der Waals surface area contributed by atoms with E-state index >= 15 is 0 Å². The molecule has 3 aromatic rings. The zero-order valence-electron chi connectivity index (χ0n) is 16.9. The van der Waals surface area contributed by atoms with E-state index in [1.165, 1.54) is 17.8 Å². The van der Waals surface area contributed by atoms with Gasteiger partial charge >= 0.3 is 0 Å². The molecule has 0 N–H and O–H groups in total. The molecule has 1 saturated heterocycles. The quantitative estimate of drug-likeness (QED) is 0.476. The summed E-state index contributed by atoms with van der Waals surface area (Å²) in [6.45, 7) is 4.92. The molecule has 0 radical (unpaired) electrons. The molecule has 1 atom stereocenters. The van der Waals surface area contributed by atoms with Gasteiger partial charge in [-0.05, 0) is 48.0 Å². The van der Waals surface area contributed by atoms with E-state index in [-0.39, 0.29) is 11.9 Å². The molecule has 1 unspecified atom stereocenters. The second-order valence-electron chi connectivity index (χ2n) is 7.57. The second-order valence-corrected chi connectivity index (χ2v) is 8.00. The van der Waals surface area contributed by atoms with Crippen molar-refractivity contribution in [1.82, 2.24) is 4.90 Å². The van der Waals surface area contributed by atoms with Crippen LogP contribution in [0.5, 0.6) is 5.75 Å². The van der Waals surface area contributed by atoms with E-state index in [9.17, 15) is 4.39 Å². The van der Waals surface area contributed by atoms with Crippen LogP contribution in [0.15, 0.2) is 78.9 Å². The van der Waals surface area contributed by atoms with Crippen molar-refractivity contribution in [2.75, 3.05) is 37.6 Å². The van der Waals surface area contributed by atoms with Crippen LogP contribution in [-0.2, 0) is 0 Å². The van der Waals surface area contributed by atoms with Crippen LogP contribution in [0.1, 0.15) is 18.1 Å². The maximum absolute atomic E-state index is 13.2.